The van der Waals surface area contributed by atoms with E-state index >= 15 is 0 Å². The lowest BCUT2D eigenvalue weighted by atomic mass is 9.80. The molecule has 5 heterocycles. The van der Waals surface area contributed by atoms with E-state index in [1.807, 2.05) is 24.3 Å². The van der Waals surface area contributed by atoms with Crippen molar-refractivity contribution in [1.29, 1.82) is 0 Å². The van der Waals surface area contributed by atoms with Gasteiger partial charge < -0.3 is 19.6 Å². The zero-order valence-electron chi connectivity index (χ0n) is 16.1. The quantitative estimate of drug-likeness (QED) is 0.549. The molecule has 1 spiro atoms. The number of ether oxygens (including phenoxy) is 2. The van der Waals surface area contributed by atoms with E-state index in [4.69, 9.17) is 24.6 Å². The Balaban J connectivity index is 1.65. The van der Waals surface area contributed by atoms with Crippen molar-refractivity contribution in [3.8, 4) is 22.8 Å². The highest BCUT2D eigenvalue weighted by Crippen LogP contribution is 2.53. The van der Waals surface area contributed by atoms with E-state index in [0.717, 1.165) is 45.4 Å². The van der Waals surface area contributed by atoms with Crippen LogP contribution < -0.4 is 10.5 Å². The van der Waals surface area contributed by atoms with Gasteiger partial charge in [-0.15, -0.1) is 0 Å². The van der Waals surface area contributed by atoms with Crippen molar-refractivity contribution in [3.63, 3.8) is 0 Å². The van der Waals surface area contributed by atoms with E-state index < -0.39 is 5.54 Å². The van der Waals surface area contributed by atoms with Crippen molar-refractivity contribution in [1.82, 2.24) is 15.0 Å². The number of hydrogen-bond acceptors (Lipinski definition) is 8. The van der Waals surface area contributed by atoms with Gasteiger partial charge in [-0.2, -0.15) is 0 Å². The maximum absolute atomic E-state index is 6.19. The number of nitrogens with two attached hydrogens (primary N) is 1. The Morgan fingerprint density at radius 1 is 1.10 bits per heavy atom. The molecule has 8 nitrogen and oxygen atoms in total. The molecule has 2 aliphatic rings. The molecule has 0 unspecified atom stereocenters. The summed E-state index contributed by atoms with van der Waals surface area (Å²) in [6.45, 7) is 2.31. The zero-order valence-corrected chi connectivity index (χ0v) is 16.1. The second-order valence-corrected chi connectivity index (χ2v) is 7.32. The smallest absolute Gasteiger partial charge is 0.283 e. The summed E-state index contributed by atoms with van der Waals surface area (Å²) in [5, 5.41) is 0.936. The van der Waals surface area contributed by atoms with Crippen molar-refractivity contribution in [2.45, 2.75) is 18.9 Å². The average Bonchev–Trinajstić information content (AvgIpc) is 3.38. The summed E-state index contributed by atoms with van der Waals surface area (Å²) >= 11 is 0. The minimum absolute atomic E-state index is 0.137. The number of rotatable bonds is 2. The Labute approximate surface area is 171 Å². The summed E-state index contributed by atoms with van der Waals surface area (Å²) in [5.74, 6) is 2.04. The molecule has 0 bridgehead atoms. The fourth-order valence-electron chi connectivity index (χ4n) is 4.20. The molecule has 3 aromatic heterocycles. The second kappa shape index (κ2) is 6.03. The molecule has 8 heteroatoms. The maximum Gasteiger partial charge on any atom is 0.283 e. The first-order valence-corrected chi connectivity index (χ1v) is 9.66. The Bertz CT molecular complexity index is 1330. The van der Waals surface area contributed by atoms with Crippen molar-refractivity contribution in [2.75, 3.05) is 6.61 Å². The summed E-state index contributed by atoms with van der Waals surface area (Å²) in [6, 6.07) is 7.96. The lowest BCUT2D eigenvalue weighted by Crippen LogP contribution is -2.31. The van der Waals surface area contributed by atoms with Gasteiger partial charge in [0, 0.05) is 47.1 Å². The van der Waals surface area contributed by atoms with Crippen LogP contribution in [0.3, 0.4) is 0 Å². The molecule has 2 N–H and O–H groups in total. The number of aryl methyl sites for hydroxylation is 1. The number of benzene rings is 1. The van der Waals surface area contributed by atoms with E-state index in [-0.39, 0.29) is 12.6 Å². The van der Waals surface area contributed by atoms with Crippen molar-refractivity contribution < 1.29 is 13.9 Å². The number of pyridine rings is 1. The van der Waals surface area contributed by atoms with E-state index in [1.165, 1.54) is 6.33 Å². The fourth-order valence-corrected chi connectivity index (χ4v) is 4.20. The maximum atomic E-state index is 6.19. The molecule has 0 amide bonds. The lowest BCUT2D eigenvalue weighted by molar-refractivity contribution is 0.263. The van der Waals surface area contributed by atoms with Crippen LogP contribution in [0.2, 0.25) is 0 Å². The monoisotopic (exact) mass is 399 g/mol. The van der Waals surface area contributed by atoms with E-state index in [1.54, 1.807) is 18.6 Å². The van der Waals surface area contributed by atoms with E-state index in [0.29, 0.717) is 11.6 Å². The minimum atomic E-state index is -0.875. The van der Waals surface area contributed by atoms with Gasteiger partial charge in [0.15, 0.2) is 5.54 Å². The van der Waals surface area contributed by atoms with Gasteiger partial charge in [0.05, 0.1) is 5.56 Å². The van der Waals surface area contributed by atoms with Crippen LogP contribution in [0, 0.1) is 0 Å². The van der Waals surface area contributed by atoms with Crippen molar-refractivity contribution >= 4 is 17.0 Å². The van der Waals surface area contributed by atoms with Gasteiger partial charge in [-0.3, -0.25) is 0 Å². The molecule has 148 valence electrons. The molecule has 0 saturated carbocycles. The summed E-state index contributed by atoms with van der Waals surface area (Å²) in [5.41, 5.74) is 9.26. The molecule has 6 rings (SSSR count). The first-order valence-electron chi connectivity index (χ1n) is 9.66. The van der Waals surface area contributed by atoms with Crippen LogP contribution in [0.1, 0.15) is 23.8 Å². The van der Waals surface area contributed by atoms with Gasteiger partial charge in [-0.1, -0.05) is 6.92 Å². The normalized spacial score (nSPS) is 19.2. The topological polar surface area (TPSA) is 109 Å². The molecule has 0 aliphatic carbocycles. The Morgan fingerprint density at radius 3 is 2.73 bits per heavy atom. The number of furan rings is 1. The van der Waals surface area contributed by atoms with Crippen LogP contribution in [0.5, 0.6) is 11.6 Å². The molecule has 0 radical (unpaired) electrons. The first-order chi connectivity index (χ1) is 14.7. The molecule has 30 heavy (non-hydrogen) atoms. The summed E-state index contributed by atoms with van der Waals surface area (Å²) < 4.78 is 17.9. The average molecular weight is 399 g/mol. The standard InChI is InChI=1S/C22H17N5O3/c1-2-14-6-15-17(29-14)3-4-18-19(15)22(10-28-21(23)27-22)16-5-12(9-26-20(16)30-18)13-7-24-11-25-8-13/h3-9,11H,2,10H2,1H3,(H2,23,27)/t22-/m1/s1. The fraction of sp³-hybridized carbons (Fsp3) is 0.182. The van der Waals surface area contributed by atoms with Gasteiger partial charge in [0.2, 0.25) is 5.88 Å². The molecule has 4 aromatic rings. The van der Waals surface area contributed by atoms with Gasteiger partial charge in [0.1, 0.15) is 30.0 Å². The third-order valence-corrected chi connectivity index (χ3v) is 5.60. The highest BCUT2D eigenvalue weighted by Gasteiger charge is 2.49. The van der Waals surface area contributed by atoms with Crippen LogP contribution in [-0.2, 0) is 16.7 Å². The lowest BCUT2D eigenvalue weighted by Gasteiger charge is -2.33. The number of amidine groups is 1. The number of hydrogen-bond donors (Lipinski definition) is 1. The summed E-state index contributed by atoms with van der Waals surface area (Å²) in [6.07, 6.45) is 7.50. The third-order valence-electron chi connectivity index (χ3n) is 5.60. The molecule has 0 fully saturated rings. The highest BCUT2D eigenvalue weighted by atomic mass is 16.5. The number of nitrogens with zero attached hydrogens (tertiary/aromatic N) is 4. The predicted molar refractivity (Wildman–Crippen MR) is 109 cm³/mol. The SMILES string of the molecule is CCc1cc2c3c(ccc2o1)Oc1ncc(-c2cncnc2)cc1[C@]31COC(N)=N1. The molecule has 1 aromatic carbocycles. The van der Waals surface area contributed by atoms with Gasteiger partial charge in [-0.05, 0) is 24.3 Å². The predicted octanol–water partition coefficient (Wildman–Crippen LogP) is 3.54. The molecule has 2 aliphatic heterocycles. The number of aromatic nitrogens is 3. The Morgan fingerprint density at radius 2 is 1.97 bits per heavy atom. The third kappa shape index (κ3) is 2.27. The second-order valence-electron chi connectivity index (χ2n) is 7.32. The number of fused-ring (bicyclic) bond motifs is 6. The van der Waals surface area contributed by atoms with Crippen LogP contribution >= 0.6 is 0 Å². The van der Waals surface area contributed by atoms with Gasteiger partial charge in [-0.25, -0.2) is 19.9 Å². The van der Waals surface area contributed by atoms with Crippen LogP contribution in [-0.4, -0.2) is 27.6 Å². The first kappa shape index (κ1) is 17.0. The Kier molecular flexibility index (Phi) is 3.41. The number of aliphatic imine (C=N–C) groups is 1. The van der Waals surface area contributed by atoms with Crippen LogP contribution in [0.4, 0.5) is 0 Å². The molecule has 1 atom stereocenters. The van der Waals surface area contributed by atoms with E-state index in [2.05, 4.69) is 21.9 Å². The largest absolute Gasteiger partial charge is 0.462 e. The molecular formula is C22H17N5O3. The minimum Gasteiger partial charge on any atom is -0.462 e. The van der Waals surface area contributed by atoms with Gasteiger partial charge in [0.25, 0.3) is 6.02 Å². The Hall–Kier alpha value is -3.94. The van der Waals surface area contributed by atoms with Crippen LogP contribution in [0.25, 0.3) is 22.1 Å². The molecule has 0 saturated heterocycles. The van der Waals surface area contributed by atoms with Gasteiger partial charge >= 0.3 is 0 Å². The van der Waals surface area contributed by atoms with Crippen molar-refractivity contribution in [3.05, 3.63) is 66.1 Å². The van der Waals surface area contributed by atoms with Crippen LogP contribution in [0.15, 0.2) is 58.6 Å². The van der Waals surface area contributed by atoms with Crippen molar-refractivity contribution in [2.24, 2.45) is 10.7 Å². The highest BCUT2D eigenvalue weighted by molar-refractivity contribution is 5.89. The summed E-state index contributed by atoms with van der Waals surface area (Å²) in [4.78, 5) is 17.6. The van der Waals surface area contributed by atoms with E-state index in [9.17, 15) is 0 Å². The summed E-state index contributed by atoms with van der Waals surface area (Å²) in [7, 11) is 0. The zero-order chi connectivity index (χ0) is 20.3. The molecular weight excluding hydrogens is 382 g/mol.